The predicted molar refractivity (Wildman–Crippen MR) is 89.1 cm³/mol. The summed E-state index contributed by atoms with van der Waals surface area (Å²) in [7, 11) is 3.28. The van der Waals surface area contributed by atoms with Gasteiger partial charge in [-0.25, -0.2) is 0 Å². The third-order valence-electron chi connectivity index (χ3n) is 2.82. The highest BCUT2D eigenvalue weighted by Gasteiger charge is 2.16. The second-order valence-corrected chi connectivity index (χ2v) is 7.37. The van der Waals surface area contributed by atoms with E-state index in [1.807, 2.05) is 32.7 Å². The first-order valence-corrected chi connectivity index (χ1v) is 8.10. The molecule has 0 bridgehead atoms. The van der Waals surface area contributed by atoms with Gasteiger partial charge in [-0.3, -0.25) is 9.69 Å². The predicted octanol–water partition coefficient (Wildman–Crippen LogP) is 3.36. The summed E-state index contributed by atoms with van der Waals surface area (Å²) in [6.07, 6.45) is 0. The fraction of sp³-hybridized carbons (Fsp3) is 0.562. The Bertz CT molecular complexity index is 533. The Labute approximate surface area is 140 Å². The fourth-order valence-corrected chi connectivity index (χ4v) is 2.67. The van der Waals surface area contributed by atoms with Crippen LogP contribution in [0.2, 0.25) is 0 Å². The average Bonchev–Trinajstić information content (AvgIpc) is 2.37. The van der Waals surface area contributed by atoms with Crippen molar-refractivity contribution in [2.24, 2.45) is 0 Å². The van der Waals surface area contributed by atoms with Gasteiger partial charge in [0.15, 0.2) is 0 Å². The van der Waals surface area contributed by atoms with Gasteiger partial charge in [0.25, 0.3) is 5.76 Å². The largest absolute Gasteiger partial charge is 0.496 e. The average molecular weight is 346 g/mol. The number of carbonyl (C=O) groups excluding carboxylic acids is 1. The maximum absolute atomic E-state index is 12.5. The van der Waals surface area contributed by atoms with E-state index in [9.17, 15) is 13.6 Å². The number of rotatable bonds is 7. The summed E-state index contributed by atoms with van der Waals surface area (Å²) in [6.45, 7) is 6.56. The highest BCUT2D eigenvalue weighted by molar-refractivity contribution is 7.99. The van der Waals surface area contributed by atoms with Gasteiger partial charge in [-0.2, -0.15) is 8.78 Å². The number of carbonyl (C=O) groups is 1. The molecule has 0 aromatic heterocycles. The molecule has 0 saturated heterocycles. The molecule has 0 aliphatic heterocycles. The molecule has 0 aliphatic rings. The van der Waals surface area contributed by atoms with Crippen molar-refractivity contribution in [1.29, 1.82) is 0 Å². The molecule has 1 aromatic rings. The van der Waals surface area contributed by atoms with Crippen LogP contribution in [0.1, 0.15) is 26.3 Å². The number of nitrogens with one attached hydrogen (secondary N) is 1. The van der Waals surface area contributed by atoms with E-state index in [0.29, 0.717) is 29.0 Å². The van der Waals surface area contributed by atoms with Crippen LogP contribution >= 0.6 is 11.8 Å². The van der Waals surface area contributed by atoms with Crippen molar-refractivity contribution < 1.29 is 18.3 Å². The van der Waals surface area contributed by atoms with Crippen LogP contribution in [0.3, 0.4) is 0 Å². The number of ether oxygens (including phenoxy) is 1. The van der Waals surface area contributed by atoms with Gasteiger partial charge < -0.3 is 10.1 Å². The molecule has 0 saturated carbocycles. The summed E-state index contributed by atoms with van der Waals surface area (Å²) in [5.41, 5.74) is 0.626. The lowest BCUT2D eigenvalue weighted by Gasteiger charge is -2.23. The zero-order chi connectivity index (χ0) is 17.6. The Hall–Kier alpha value is -1.34. The third-order valence-corrected chi connectivity index (χ3v) is 3.59. The number of amides is 1. The van der Waals surface area contributed by atoms with E-state index in [4.69, 9.17) is 4.74 Å². The highest BCUT2D eigenvalue weighted by Crippen LogP contribution is 2.34. The lowest BCUT2D eigenvalue weighted by Crippen LogP contribution is -2.45. The number of thioether (sulfide) groups is 1. The zero-order valence-electron chi connectivity index (χ0n) is 14.2. The molecule has 0 atom stereocenters. The van der Waals surface area contributed by atoms with Gasteiger partial charge in [-0.1, -0.05) is 17.8 Å². The van der Waals surface area contributed by atoms with Crippen LogP contribution in [0.25, 0.3) is 0 Å². The molecule has 1 N–H and O–H groups in total. The molecule has 0 spiro atoms. The highest BCUT2D eigenvalue weighted by atomic mass is 32.2. The standard InChI is InChI=1S/C16H24F2N2O2S/c1-16(2,3)19-14(21)10-20(4)9-11-6-7-13(23-15(17)18)12(8-11)22-5/h6-8,15H,9-10H2,1-5H3,(H,19,21). The molecule has 0 heterocycles. The van der Waals surface area contributed by atoms with Crippen molar-refractivity contribution in [3.8, 4) is 5.75 Å². The van der Waals surface area contributed by atoms with Crippen LogP contribution in [0.5, 0.6) is 5.75 Å². The summed E-state index contributed by atoms with van der Waals surface area (Å²) in [5, 5.41) is 2.90. The van der Waals surface area contributed by atoms with Crippen LogP contribution < -0.4 is 10.1 Å². The van der Waals surface area contributed by atoms with Crippen LogP contribution in [0, 0.1) is 0 Å². The quantitative estimate of drug-likeness (QED) is 0.769. The monoisotopic (exact) mass is 346 g/mol. The van der Waals surface area contributed by atoms with E-state index in [1.165, 1.54) is 7.11 Å². The number of hydrogen-bond acceptors (Lipinski definition) is 4. The molecule has 1 amide bonds. The van der Waals surface area contributed by atoms with Crippen molar-refractivity contribution in [3.05, 3.63) is 23.8 Å². The van der Waals surface area contributed by atoms with Crippen LogP contribution in [0.4, 0.5) is 8.78 Å². The van der Waals surface area contributed by atoms with Crippen LogP contribution in [-0.2, 0) is 11.3 Å². The van der Waals surface area contributed by atoms with Gasteiger partial charge in [0, 0.05) is 12.1 Å². The summed E-state index contributed by atoms with van der Waals surface area (Å²) < 4.78 is 30.1. The van der Waals surface area contributed by atoms with E-state index in [0.717, 1.165) is 5.56 Å². The van der Waals surface area contributed by atoms with Crippen molar-refractivity contribution in [2.75, 3.05) is 20.7 Å². The smallest absolute Gasteiger partial charge is 0.289 e. The topological polar surface area (TPSA) is 41.6 Å². The fourth-order valence-electron chi connectivity index (χ4n) is 2.07. The number of hydrogen-bond donors (Lipinski definition) is 1. The van der Waals surface area contributed by atoms with Gasteiger partial charge in [-0.15, -0.1) is 0 Å². The SMILES string of the molecule is COc1cc(CN(C)CC(=O)NC(C)(C)C)ccc1SC(F)F. The molecule has 0 aliphatic carbocycles. The molecule has 0 radical (unpaired) electrons. The summed E-state index contributed by atoms with van der Waals surface area (Å²) in [5.74, 6) is -2.13. The van der Waals surface area contributed by atoms with Crippen molar-refractivity contribution in [2.45, 2.75) is 43.5 Å². The van der Waals surface area contributed by atoms with Crippen molar-refractivity contribution in [3.63, 3.8) is 0 Å². The first kappa shape index (κ1) is 19.7. The van der Waals surface area contributed by atoms with Gasteiger partial charge in [0.2, 0.25) is 5.91 Å². The minimum absolute atomic E-state index is 0.0585. The number of benzene rings is 1. The molecule has 7 heteroatoms. The lowest BCUT2D eigenvalue weighted by molar-refractivity contribution is -0.123. The Balaban J connectivity index is 2.68. The van der Waals surface area contributed by atoms with E-state index < -0.39 is 5.76 Å². The van der Waals surface area contributed by atoms with Gasteiger partial charge >= 0.3 is 0 Å². The number of likely N-dealkylation sites (N-methyl/N-ethyl adjacent to an activating group) is 1. The molecule has 23 heavy (non-hydrogen) atoms. The summed E-state index contributed by atoms with van der Waals surface area (Å²) in [4.78, 5) is 14.2. The third kappa shape index (κ3) is 7.65. The van der Waals surface area contributed by atoms with E-state index in [2.05, 4.69) is 5.32 Å². The molecule has 4 nitrogen and oxygen atoms in total. The Morgan fingerprint density at radius 2 is 2.04 bits per heavy atom. The minimum atomic E-state index is -2.49. The second-order valence-electron chi connectivity index (χ2n) is 6.33. The molecule has 130 valence electrons. The van der Waals surface area contributed by atoms with Crippen molar-refractivity contribution >= 4 is 17.7 Å². The van der Waals surface area contributed by atoms with Gasteiger partial charge in [-0.05, 0) is 45.5 Å². The lowest BCUT2D eigenvalue weighted by atomic mass is 10.1. The normalized spacial score (nSPS) is 11.9. The summed E-state index contributed by atoms with van der Waals surface area (Å²) >= 11 is 0.458. The minimum Gasteiger partial charge on any atom is -0.496 e. The molecule has 0 fully saturated rings. The number of alkyl halides is 2. The Morgan fingerprint density at radius 3 is 2.57 bits per heavy atom. The first-order valence-electron chi connectivity index (χ1n) is 7.22. The first-order chi connectivity index (χ1) is 10.6. The molecule has 0 unspecified atom stereocenters. The maximum atomic E-state index is 12.5. The van der Waals surface area contributed by atoms with E-state index in [1.54, 1.807) is 18.2 Å². The number of nitrogens with zero attached hydrogens (tertiary/aromatic N) is 1. The molecule has 1 aromatic carbocycles. The molecular formula is C16H24F2N2O2S. The second kappa shape index (κ2) is 8.49. The van der Waals surface area contributed by atoms with Gasteiger partial charge in [0.1, 0.15) is 5.75 Å². The van der Waals surface area contributed by atoms with Gasteiger partial charge in [0.05, 0.1) is 18.6 Å². The van der Waals surface area contributed by atoms with Crippen LogP contribution in [-0.4, -0.2) is 42.8 Å². The number of halogens is 2. The summed E-state index contributed by atoms with van der Waals surface area (Å²) in [6, 6.07) is 5.11. The Morgan fingerprint density at radius 1 is 1.39 bits per heavy atom. The van der Waals surface area contributed by atoms with E-state index in [-0.39, 0.29) is 18.0 Å². The van der Waals surface area contributed by atoms with Crippen LogP contribution in [0.15, 0.2) is 23.1 Å². The van der Waals surface area contributed by atoms with Crippen molar-refractivity contribution in [1.82, 2.24) is 10.2 Å². The van der Waals surface area contributed by atoms with E-state index >= 15 is 0 Å². The Kier molecular flexibility index (Phi) is 7.28. The molecular weight excluding hydrogens is 322 g/mol. The molecule has 1 rings (SSSR count). The zero-order valence-corrected chi connectivity index (χ0v) is 15.0. The number of methoxy groups -OCH3 is 1. The maximum Gasteiger partial charge on any atom is 0.289 e.